The van der Waals surface area contributed by atoms with E-state index < -0.39 is 0 Å². The third-order valence-electron chi connectivity index (χ3n) is 2.80. The number of H-pyrrole nitrogens is 1. The Morgan fingerprint density at radius 1 is 1.25 bits per heavy atom. The van der Waals surface area contributed by atoms with Crippen LogP contribution in [-0.4, -0.2) is 24.2 Å². The summed E-state index contributed by atoms with van der Waals surface area (Å²) in [6, 6.07) is 8.75. The summed E-state index contributed by atoms with van der Waals surface area (Å²) in [7, 11) is 0. The van der Waals surface area contributed by atoms with Crippen molar-refractivity contribution >= 4 is 16.9 Å². The number of ether oxygens (including phenoxy) is 2. The highest BCUT2D eigenvalue weighted by Crippen LogP contribution is 2.18. The fraction of sp³-hybridized carbons (Fsp3) is 0.333. The van der Waals surface area contributed by atoms with E-state index in [0.29, 0.717) is 31.8 Å². The molecule has 1 N–H and O–H groups in total. The number of rotatable bonds is 6. The Kier molecular flexibility index (Phi) is 4.76. The second kappa shape index (κ2) is 6.75. The van der Waals surface area contributed by atoms with Crippen molar-refractivity contribution in [1.29, 1.82) is 0 Å². The molecular weight excluding hydrogens is 258 g/mol. The number of nitrogens with one attached hydrogen (secondary N) is 1. The van der Waals surface area contributed by atoms with Gasteiger partial charge in [0.2, 0.25) is 5.56 Å². The molecule has 0 aliphatic carbocycles. The second-order valence-electron chi connectivity index (χ2n) is 4.33. The number of esters is 1. The Hall–Kier alpha value is -2.30. The third-order valence-corrected chi connectivity index (χ3v) is 2.80. The molecule has 0 atom stereocenters. The normalized spacial score (nSPS) is 10.4. The minimum Gasteiger partial charge on any atom is -0.494 e. The van der Waals surface area contributed by atoms with Gasteiger partial charge < -0.3 is 14.5 Å². The highest BCUT2D eigenvalue weighted by Gasteiger charge is 2.02. The lowest BCUT2D eigenvalue weighted by Gasteiger charge is -2.07. The first-order valence-corrected chi connectivity index (χ1v) is 6.60. The molecule has 1 heterocycles. The number of fused-ring (bicyclic) bond motifs is 1. The van der Waals surface area contributed by atoms with E-state index in [1.54, 1.807) is 19.1 Å². The largest absolute Gasteiger partial charge is 0.494 e. The van der Waals surface area contributed by atoms with Crippen LogP contribution in [-0.2, 0) is 9.53 Å². The van der Waals surface area contributed by atoms with Crippen LogP contribution < -0.4 is 10.3 Å². The summed E-state index contributed by atoms with van der Waals surface area (Å²) in [5.74, 6) is 0.460. The van der Waals surface area contributed by atoms with Gasteiger partial charge in [0, 0.05) is 18.6 Å². The van der Waals surface area contributed by atoms with E-state index in [1.807, 2.05) is 12.1 Å². The molecule has 0 fully saturated rings. The second-order valence-corrected chi connectivity index (χ2v) is 4.33. The molecular formula is C15H17NO4. The molecule has 0 bridgehead atoms. The molecule has 106 valence electrons. The van der Waals surface area contributed by atoms with Gasteiger partial charge in [-0.05, 0) is 36.9 Å². The summed E-state index contributed by atoms with van der Waals surface area (Å²) in [5.41, 5.74) is 0.595. The standard InChI is InChI=1S/C15H17NO4/c1-2-19-15(18)4-3-9-20-12-7-5-11-6-8-14(17)16-13(11)10-12/h5-8,10H,2-4,9H2,1H3,(H,16,17). The number of aromatic amines is 1. The van der Waals surface area contributed by atoms with Crippen molar-refractivity contribution in [1.82, 2.24) is 4.98 Å². The predicted molar refractivity (Wildman–Crippen MR) is 75.9 cm³/mol. The number of aromatic nitrogens is 1. The van der Waals surface area contributed by atoms with Crippen molar-refractivity contribution in [3.8, 4) is 5.75 Å². The van der Waals surface area contributed by atoms with Crippen molar-refractivity contribution in [2.45, 2.75) is 19.8 Å². The molecule has 0 unspecified atom stereocenters. The lowest BCUT2D eigenvalue weighted by atomic mass is 10.2. The average molecular weight is 275 g/mol. The first-order chi connectivity index (χ1) is 9.69. The summed E-state index contributed by atoms with van der Waals surface area (Å²) in [4.78, 5) is 25.1. The molecule has 0 amide bonds. The molecule has 2 rings (SSSR count). The number of pyridine rings is 1. The number of benzene rings is 1. The van der Waals surface area contributed by atoms with Crippen LogP contribution in [0.5, 0.6) is 5.75 Å². The van der Waals surface area contributed by atoms with Crippen LogP contribution in [0.4, 0.5) is 0 Å². The number of hydrogen-bond acceptors (Lipinski definition) is 4. The van der Waals surface area contributed by atoms with Gasteiger partial charge in [-0.15, -0.1) is 0 Å². The molecule has 0 saturated heterocycles. The molecule has 20 heavy (non-hydrogen) atoms. The van der Waals surface area contributed by atoms with Crippen LogP contribution in [0.3, 0.4) is 0 Å². The lowest BCUT2D eigenvalue weighted by Crippen LogP contribution is -2.07. The van der Waals surface area contributed by atoms with Crippen molar-refractivity contribution in [2.24, 2.45) is 0 Å². The molecule has 0 aliphatic rings. The van der Waals surface area contributed by atoms with Gasteiger partial charge in [0.25, 0.3) is 0 Å². The Morgan fingerprint density at radius 2 is 2.05 bits per heavy atom. The predicted octanol–water partition coefficient (Wildman–Crippen LogP) is 2.25. The summed E-state index contributed by atoms with van der Waals surface area (Å²) < 4.78 is 10.4. The molecule has 2 aromatic rings. The lowest BCUT2D eigenvalue weighted by molar-refractivity contribution is -0.143. The van der Waals surface area contributed by atoms with Crippen molar-refractivity contribution in [3.63, 3.8) is 0 Å². The van der Waals surface area contributed by atoms with Gasteiger partial charge in [-0.2, -0.15) is 0 Å². The highest BCUT2D eigenvalue weighted by atomic mass is 16.5. The first kappa shape index (κ1) is 14.1. The van der Waals surface area contributed by atoms with E-state index >= 15 is 0 Å². The highest BCUT2D eigenvalue weighted by molar-refractivity contribution is 5.79. The summed E-state index contributed by atoms with van der Waals surface area (Å²) in [6.07, 6.45) is 0.945. The maximum absolute atomic E-state index is 11.2. The zero-order valence-electron chi connectivity index (χ0n) is 11.3. The van der Waals surface area contributed by atoms with Gasteiger partial charge in [0.15, 0.2) is 0 Å². The molecule has 5 nitrogen and oxygen atoms in total. The average Bonchev–Trinajstić information content (AvgIpc) is 2.43. The maximum atomic E-state index is 11.2. The molecule has 0 radical (unpaired) electrons. The number of carbonyl (C=O) groups is 1. The molecule has 0 saturated carbocycles. The van der Waals surface area contributed by atoms with E-state index in [9.17, 15) is 9.59 Å². The Bertz CT molecular complexity index is 648. The first-order valence-electron chi connectivity index (χ1n) is 6.60. The van der Waals surface area contributed by atoms with E-state index in [-0.39, 0.29) is 11.5 Å². The Morgan fingerprint density at radius 3 is 2.85 bits per heavy atom. The molecule has 0 spiro atoms. The van der Waals surface area contributed by atoms with Gasteiger partial charge in [0.1, 0.15) is 5.75 Å². The zero-order valence-corrected chi connectivity index (χ0v) is 11.3. The van der Waals surface area contributed by atoms with Crippen molar-refractivity contribution in [2.75, 3.05) is 13.2 Å². The minimum absolute atomic E-state index is 0.142. The minimum atomic E-state index is -0.209. The van der Waals surface area contributed by atoms with E-state index in [0.717, 1.165) is 10.9 Å². The monoisotopic (exact) mass is 275 g/mol. The van der Waals surface area contributed by atoms with Crippen molar-refractivity contribution < 1.29 is 14.3 Å². The SMILES string of the molecule is CCOC(=O)CCCOc1ccc2ccc(=O)[nH]c2c1. The van der Waals surface area contributed by atoms with Crippen molar-refractivity contribution in [3.05, 3.63) is 40.7 Å². The summed E-state index contributed by atoms with van der Waals surface area (Å²) in [5, 5.41) is 0.948. The van der Waals surface area contributed by atoms with Gasteiger partial charge >= 0.3 is 5.97 Å². The van der Waals surface area contributed by atoms with Gasteiger partial charge in [-0.25, -0.2) is 0 Å². The van der Waals surface area contributed by atoms with E-state index in [2.05, 4.69) is 4.98 Å². The van der Waals surface area contributed by atoms with Crippen LogP contribution in [0.25, 0.3) is 10.9 Å². The van der Waals surface area contributed by atoms with Crippen LogP contribution >= 0.6 is 0 Å². The smallest absolute Gasteiger partial charge is 0.305 e. The van der Waals surface area contributed by atoms with Crippen LogP contribution in [0.2, 0.25) is 0 Å². The Balaban J connectivity index is 1.90. The fourth-order valence-corrected chi connectivity index (χ4v) is 1.86. The zero-order chi connectivity index (χ0) is 14.4. The Labute approximate surface area is 116 Å². The third kappa shape index (κ3) is 3.85. The summed E-state index contributed by atoms with van der Waals surface area (Å²) in [6.45, 7) is 2.61. The maximum Gasteiger partial charge on any atom is 0.305 e. The van der Waals surface area contributed by atoms with Gasteiger partial charge in [-0.3, -0.25) is 9.59 Å². The van der Waals surface area contributed by atoms with Crippen LogP contribution in [0.15, 0.2) is 35.1 Å². The fourth-order valence-electron chi connectivity index (χ4n) is 1.86. The quantitative estimate of drug-likeness (QED) is 0.648. The van der Waals surface area contributed by atoms with Crippen LogP contribution in [0.1, 0.15) is 19.8 Å². The summed E-state index contributed by atoms with van der Waals surface area (Å²) >= 11 is 0. The molecule has 5 heteroatoms. The number of carbonyl (C=O) groups excluding carboxylic acids is 1. The molecule has 1 aromatic carbocycles. The van der Waals surface area contributed by atoms with Gasteiger partial charge in [0.05, 0.1) is 18.7 Å². The van der Waals surface area contributed by atoms with E-state index in [1.165, 1.54) is 6.07 Å². The molecule has 0 aliphatic heterocycles. The van der Waals surface area contributed by atoms with Crippen LogP contribution in [0, 0.1) is 0 Å². The number of hydrogen-bond donors (Lipinski definition) is 1. The molecule has 1 aromatic heterocycles. The van der Waals surface area contributed by atoms with E-state index in [4.69, 9.17) is 9.47 Å². The topological polar surface area (TPSA) is 68.4 Å². The van der Waals surface area contributed by atoms with Gasteiger partial charge in [-0.1, -0.05) is 0 Å².